The van der Waals surface area contributed by atoms with Gasteiger partial charge in [-0.1, -0.05) is 13.0 Å². The first-order chi connectivity index (χ1) is 8.60. The lowest BCUT2D eigenvalue weighted by Gasteiger charge is -2.15. The summed E-state index contributed by atoms with van der Waals surface area (Å²) in [4.78, 5) is 13.0. The fourth-order valence-corrected chi connectivity index (χ4v) is 2.47. The number of rotatable bonds is 4. The van der Waals surface area contributed by atoms with E-state index in [2.05, 4.69) is 17.1 Å². The van der Waals surface area contributed by atoms with Gasteiger partial charge in [0.2, 0.25) is 0 Å². The average Bonchev–Trinajstić information content (AvgIpc) is 2.74. The molecule has 1 fully saturated rings. The zero-order valence-corrected chi connectivity index (χ0v) is 10.8. The molecule has 5 nitrogen and oxygen atoms in total. The number of hydrogen-bond acceptors (Lipinski definition) is 4. The van der Waals surface area contributed by atoms with Gasteiger partial charge in [0.05, 0.1) is 4.92 Å². The van der Waals surface area contributed by atoms with Crippen LogP contribution in [0.5, 0.6) is 0 Å². The summed E-state index contributed by atoms with van der Waals surface area (Å²) in [6.45, 7) is 5.21. The van der Waals surface area contributed by atoms with Crippen LogP contribution in [0.1, 0.15) is 18.9 Å². The SMILES string of the molecule is CNc1ccc(CN2CCC(C)C2)cc1[N+](=O)[O-]. The molecule has 2 rings (SSSR count). The highest BCUT2D eigenvalue weighted by atomic mass is 16.6. The predicted molar refractivity (Wildman–Crippen MR) is 71.7 cm³/mol. The Bertz CT molecular complexity index is 448. The first-order valence-electron chi connectivity index (χ1n) is 6.27. The van der Waals surface area contributed by atoms with Crippen LogP contribution in [0.25, 0.3) is 0 Å². The molecular weight excluding hydrogens is 230 g/mol. The third-order valence-corrected chi connectivity index (χ3v) is 3.44. The molecule has 5 heteroatoms. The average molecular weight is 249 g/mol. The number of likely N-dealkylation sites (tertiary alicyclic amines) is 1. The van der Waals surface area contributed by atoms with Gasteiger partial charge in [0.15, 0.2) is 0 Å². The summed E-state index contributed by atoms with van der Waals surface area (Å²) in [5.41, 5.74) is 1.73. The number of benzene rings is 1. The van der Waals surface area contributed by atoms with Crippen molar-refractivity contribution in [1.29, 1.82) is 0 Å². The Kier molecular flexibility index (Phi) is 3.81. The van der Waals surface area contributed by atoms with Crippen LogP contribution < -0.4 is 5.32 Å². The lowest BCUT2D eigenvalue weighted by Crippen LogP contribution is -2.19. The minimum absolute atomic E-state index is 0.155. The summed E-state index contributed by atoms with van der Waals surface area (Å²) in [7, 11) is 1.70. The molecule has 0 aliphatic carbocycles. The van der Waals surface area contributed by atoms with E-state index in [0.717, 1.165) is 31.1 Å². The smallest absolute Gasteiger partial charge is 0.292 e. The largest absolute Gasteiger partial charge is 0.383 e. The van der Waals surface area contributed by atoms with Crippen molar-refractivity contribution in [3.05, 3.63) is 33.9 Å². The first kappa shape index (κ1) is 12.8. The van der Waals surface area contributed by atoms with E-state index in [0.29, 0.717) is 5.69 Å². The Hall–Kier alpha value is -1.62. The summed E-state index contributed by atoms with van der Waals surface area (Å²) in [6.07, 6.45) is 1.22. The Morgan fingerprint density at radius 3 is 2.89 bits per heavy atom. The van der Waals surface area contributed by atoms with Gasteiger partial charge in [0.25, 0.3) is 5.69 Å². The topological polar surface area (TPSA) is 58.4 Å². The highest BCUT2D eigenvalue weighted by molar-refractivity contribution is 5.62. The lowest BCUT2D eigenvalue weighted by atomic mass is 10.1. The Morgan fingerprint density at radius 1 is 1.56 bits per heavy atom. The second-order valence-electron chi connectivity index (χ2n) is 4.99. The van der Waals surface area contributed by atoms with Crippen LogP contribution in [0.4, 0.5) is 11.4 Å². The molecule has 1 saturated heterocycles. The third-order valence-electron chi connectivity index (χ3n) is 3.44. The van der Waals surface area contributed by atoms with Crippen LogP contribution in [0.3, 0.4) is 0 Å². The lowest BCUT2D eigenvalue weighted by molar-refractivity contribution is -0.384. The van der Waals surface area contributed by atoms with Crippen LogP contribution in [0, 0.1) is 16.0 Å². The van der Waals surface area contributed by atoms with Gasteiger partial charge in [-0.25, -0.2) is 0 Å². The molecule has 1 atom stereocenters. The molecule has 0 bridgehead atoms. The van der Waals surface area contributed by atoms with Crippen LogP contribution in [0.2, 0.25) is 0 Å². The molecule has 0 amide bonds. The van der Waals surface area contributed by atoms with Crippen molar-refractivity contribution in [2.45, 2.75) is 19.9 Å². The summed E-state index contributed by atoms with van der Waals surface area (Å²) >= 11 is 0. The van der Waals surface area contributed by atoms with Crippen molar-refractivity contribution in [2.75, 3.05) is 25.5 Å². The normalized spacial score (nSPS) is 20.0. The van der Waals surface area contributed by atoms with E-state index in [-0.39, 0.29) is 10.6 Å². The fraction of sp³-hybridized carbons (Fsp3) is 0.538. The second kappa shape index (κ2) is 5.35. The summed E-state index contributed by atoms with van der Waals surface area (Å²) in [6, 6.07) is 5.42. The highest BCUT2D eigenvalue weighted by Gasteiger charge is 2.20. The molecule has 18 heavy (non-hydrogen) atoms. The molecule has 1 aromatic rings. The second-order valence-corrected chi connectivity index (χ2v) is 4.99. The van der Waals surface area contributed by atoms with Crippen molar-refractivity contribution in [3.8, 4) is 0 Å². The first-order valence-corrected chi connectivity index (χ1v) is 6.27. The van der Waals surface area contributed by atoms with E-state index < -0.39 is 0 Å². The van der Waals surface area contributed by atoms with Gasteiger partial charge in [-0.3, -0.25) is 15.0 Å². The zero-order valence-electron chi connectivity index (χ0n) is 10.8. The van der Waals surface area contributed by atoms with E-state index in [4.69, 9.17) is 0 Å². The molecule has 0 radical (unpaired) electrons. The molecule has 0 spiro atoms. The molecule has 1 aliphatic rings. The maximum absolute atomic E-state index is 11.0. The van der Waals surface area contributed by atoms with Crippen molar-refractivity contribution in [2.24, 2.45) is 5.92 Å². The molecule has 1 heterocycles. The van der Waals surface area contributed by atoms with Crippen LogP contribution in [-0.4, -0.2) is 30.0 Å². The Balaban J connectivity index is 2.14. The van der Waals surface area contributed by atoms with Gasteiger partial charge in [-0.2, -0.15) is 0 Å². The van der Waals surface area contributed by atoms with Crippen molar-refractivity contribution in [1.82, 2.24) is 4.90 Å². The van der Waals surface area contributed by atoms with E-state index in [1.54, 1.807) is 19.2 Å². The fourth-order valence-electron chi connectivity index (χ4n) is 2.47. The Labute approximate surface area is 107 Å². The monoisotopic (exact) mass is 249 g/mol. The van der Waals surface area contributed by atoms with Crippen LogP contribution in [-0.2, 0) is 6.54 Å². The molecule has 1 aromatic carbocycles. The van der Waals surface area contributed by atoms with Crippen LogP contribution in [0.15, 0.2) is 18.2 Å². The molecule has 1 unspecified atom stereocenters. The third kappa shape index (κ3) is 2.79. The van der Waals surface area contributed by atoms with Gasteiger partial charge < -0.3 is 5.32 Å². The number of nitrogens with one attached hydrogen (secondary N) is 1. The number of anilines is 1. The minimum atomic E-state index is -0.331. The van der Waals surface area contributed by atoms with Crippen LogP contribution >= 0.6 is 0 Å². The minimum Gasteiger partial charge on any atom is -0.383 e. The molecule has 98 valence electrons. The number of hydrogen-bond donors (Lipinski definition) is 1. The molecule has 0 saturated carbocycles. The van der Waals surface area contributed by atoms with Gasteiger partial charge in [-0.05, 0) is 30.5 Å². The number of nitro benzene ring substituents is 1. The highest BCUT2D eigenvalue weighted by Crippen LogP contribution is 2.26. The van der Waals surface area contributed by atoms with E-state index in [9.17, 15) is 10.1 Å². The van der Waals surface area contributed by atoms with Crippen molar-refractivity contribution >= 4 is 11.4 Å². The molecular formula is C13H19N3O2. The molecule has 1 aliphatic heterocycles. The van der Waals surface area contributed by atoms with Crippen molar-refractivity contribution in [3.63, 3.8) is 0 Å². The van der Waals surface area contributed by atoms with Gasteiger partial charge in [0.1, 0.15) is 5.69 Å². The van der Waals surface area contributed by atoms with Gasteiger partial charge >= 0.3 is 0 Å². The predicted octanol–water partition coefficient (Wildman–Crippen LogP) is 2.48. The number of nitro groups is 1. The van der Waals surface area contributed by atoms with E-state index in [1.807, 2.05) is 6.07 Å². The quantitative estimate of drug-likeness (QED) is 0.658. The summed E-state index contributed by atoms with van der Waals surface area (Å²) in [5.74, 6) is 0.733. The molecule has 1 N–H and O–H groups in total. The summed E-state index contributed by atoms with van der Waals surface area (Å²) in [5, 5.41) is 13.8. The molecule has 0 aromatic heterocycles. The van der Waals surface area contributed by atoms with Gasteiger partial charge in [-0.15, -0.1) is 0 Å². The maximum Gasteiger partial charge on any atom is 0.292 e. The maximum atomic E-state index is 11.0. The van der Waals surface area contributed by atoms with Gasteiger partial charge in [0, 0.05) is 26.2 Å². The number of nitrogens with zero attached hydrogens (tertiary/aromatic N) is 2. The Morgan fingerprint density at radius 2 is 2.33 bits per heavy atom. The van der Waals surface area contributed by atoms with E-state index >= 15 is 0 Å². The van der Waals surface area contributed by atoms with Crippen molar-refractivity contribution < 1.29 is 4.92 Å². The van der Waals surface area contributed by atoms with E-state index in [1.165, 1.54) is 6.42 Å². The standard InChI is InChI=1S/C13H19N3O2/c1-10-5-6-15(8-10)9-11-3-4-12(14-2)13(7-11)16(17)18/h3-4,7,10,14H,5-6,8-9H2,1-2H3. The summed E-state index contributed by atoms with van der Waals surface area (Å²) < 4.78 is 0. The zero-order chi connectivity index (χ0) is 13.1.